The highest BCUT2D eigenvalue weighted by atomic mass is 19.1. The van der Waals surface area contributed by atoms with E-state index >= 15 is 0 Å². The average Bonchev–Trinajstić information content (AvgIpc) is 3.14. The SMILES string of the molecule is NCCCCCn1c(-c2cccc(F)c2)nc2cnc(NCc3ccccc3F)nc21. The first-order valence-electron chi connectivity index (χ1n) is 10.3. The van der Waals surface area contributed by atoms with Gasteiger partial charge in [0.1, 0.15) is 23.0 Å². The monoisotopic (exact) mass is 422 g/mol. The van der Waals surface area contributed by atoms with Crippen LogP contribution in [0.3, 0.4) is 0 Å². The Labute approximate surface area is 179 Å². The summed E-state index contributed by atoms with van der Waals surface area (Å²) in [6.07, 6.45) is 4.44. The van der Waals surface area contributed by atoms with Gasteiger partial charge >= 0.3 is 0 Å². The van der Waals surface area contributed by atoms with Crippen LogP contribution in [0.5, 0.6) is 0 Å². The van der Waals surface area contributed by atoms with Crippen molar-refractivity contribution in [2.24, 2.45) is 5.73 Å². The van der Waals surface area contributed by atoms with Crippen LogP contribution in [0.4, 0.5) is 14.7 Å². The lowest BCUT2D eigenvalue weighted by Crippen LogP contribution is -2.07. The van der Waals surface area contributed by atoms with E-state index in [0.717, 1.165) is 19.3 Å². The fourth-order valence-electron chi connectivity index (χ4n) is 3.47. The smallest absolute Gasteiger partial charge is 0.225 e. The lowest BCUT2D eigenvalue weighted by atomic mass is 10.2. The normalized spacial score (nSPS) is 11.2. The molecule has 0 spiro atoms. The van der Waals surface area contributed by atoms with E-state index in [0.29, 0.717) is 47.2 Å². The van der Waals surface area contributed by atoms with E-state index in [4.69, 9.17) is 5.73 Å². The number of nitrogens with two attached hydrogens (primary N) is 1. The van der Waals surface area contributed by atoms with E-state index in [9.17, 15) is 8.78 Å². The molecule has 4 rings (SSSR count). The molecule has 31 heavy (non-hydrogen) atoms. The van der Waals surface area contributed by atoms with Crippen LogP contribution >= 0.6 is 0 Å². The summed E-state index contributed by atoms with van der Waals surface area (Å²) >= 11 is 0. The molecular formula is C23H24F2N6. The molecule has 8 heteroatoms. The maximum atomic E-state index is 13.9. The van der Waals surface area contributed by atoms with Gasteiger partial charge in [-0.25, -0.2) is 18.7 Å². The number of rotatable bonds is 9. The Balaban J connectivity index is 1.66. The van der Waals surface area contributed by atoms with Crippen LogP contribution in [-0.2, 0) is 13.1 Å². The topological polar surface area (TPSA) is 81.7 Å². The van der Waals surface area contributed by atoms with Gasteiger partial charge in [-0.3, -0.25) is 0 Å². The second-order valence-electron chi connectivity index (χ2n) is 7.29. The van der Waals surface area contributed by atoms with Crippen LogP contribution < -0.4 is 11.1 Å². The molecule has 0 amide bonds. The maximum absolute atomic E-state index is 13.9. The number of nitrogens with zero attached hydrogens (tertiary/aromatic N) is 4. The van der Waals surface area contributed by atoms with Crippen LogP contribution in [-0.4, -0.2) is 26.1 Å². The van der Waals surface area contributed by atoms with E-state index in [-0.39, 0.29) is 18.2 Å². The summed E-state index contributed by atoms with van der Waals surface area (Å²) in [7, 11) is 0. The van der Waals surface area contributed by atoms with Crippen molar-refractivity contribution in [2.45, 2.75) is 32.4 Å². The molecule has 4 aromatic rings. The summed E-state index contributed by atoms with van der Waals surface area (Å²) in [6.45, 7) is 1.58. The van der Waals surface area contributed by atoms with Gasteiger partial charge in [0.05, 0.1) is 6.20 Å². The van der Waals surface area contributed by atoms with Crippen molar-refractivity contribution in [3.63, 3.8) is 0 Å². The molecular weight excluding hydrogens is 398 g/mol. The molecule has 2 heterocycles. The minimum Gasteiger partial charge on any atom is -0.350 e. The van der Waals surface area contributed by atoms with Gasteiger partial charge in [0.2, 0.25) is 5.95 Å². The minimum atomic E-state index is -0.322. The molecule has 6 nitrogen and oxygen atoms in total. The van der Waals surface area contributed by atoms with Crippen LogP contribution in [0.25, 0.3) is 22.6 Å². The molecule has 0 aliphatic heterocycles. The van der Waals surface area contributed by atoms with Gasteiger partial charge in [0.25, 0.3) is 0 Å². The Kier molecular flexibility index (Phi) is 6.47. The molecule has 0 atom stereocenters. The van der Waals surface area contributed by atoms with Crippen molar-refractivity contribution in [3.8, 4) is 11.4 Å². The van der Waals surface area contributed by atoms with Gasteiger partial charge in [-0.1, -0.05) is 36.8 Å². The van der Waals surface area contributed by atoms with E-state index in [2.05, 4.69) is 20.3 Å². The summed E-state index contributed by atoms with van der Waals surface area (Å²) in [5, 5.41) is 3.08. The lowest BCUT2D eigenvalue weighted by Gasteiger charge is -2.10. The number of fused-ring (bicyclic) bond motifs is 1. The van der Waals surface area contributed by atoms with E-state index in [1.807, 2.05) is 10.6 Å². The molecule has 3 N–H and O–H groups in total. The number of aromatic nitrogens is 4. The predicted molar refractivity (Wildman–Crippen MR) is 117 cm³/mol. The van der Waals surface area contributed by atoms with Crippen molar-refractivity contribution < 1.29 is 8.78 Å². The number of halogens is 2. The van der Waals surface area contributed by atoms with Crippen molar-refractivity contribution in [3.05, 3.63) is 71.9 Å². The summed E-state index contributed by atoms with van der Waals surface area (Å²) in [5.41, 5.74) is 8.09. The predicted octanol–water partition coefficient (Wildman–Crippen LogP) is 4.51. The zero-order valence-corrected chi connectivity index (χ0v) is 17.1. The largest absolute Gasteiger partial charge is 0.350 e. The molecule has 2 aromatic carbocycles. The molecule has 0 radical (unpaired) electrons. The molecule has 2 aromatic heterocycles. The Morgan fingerprint density at radius 1 is 0.968 bits per heavy atom. The number of anilines is 1. The molecule has 0 saturated carbocycles. The number of unbranched alkanes of at least 4 members (excludes halogenated alkanes) is 2. The maximum Gasteiger partial charge on any atom is 0.225 e. The van der Waals surface area contributed by atoms with Gasteiger partial charge in [-0.05, 0) is 37.6 Å². The van der Waals surface area contributed by atoms with Gasteiger partial charge < -0.3 is 15.6 Å². The number of benzene rings is 2. The molecule has 0 saturated heterocycles. The second kappa shape index (κ2) is 9.61. The fraction of sp³-hybridized carbons (Fsp3) is 0.261. The Morgan fingerprint density at radius 3 is 2.65 bits per heavy atom. The van der Waals surface area contributed by atoms with Crippen molar-refractivity contribution >= 4 is 17.1 Å². The van der Waals surface area contributed by atoms with Crippen LogP contribution in [0.1, 0.15) is 24.8 Å². The Morgan fingerprint density at radius 2 is 1.84 bits per heavy atom. The Bertz CT molecular complexity index is 1170. The number of nitrogens with one attached hydrogen (secondary N) is 1. The lowest BCUT2D eigenvalue weighted by molar-refractivity contribution is 0.601. The van der Waals surface area contributed by atoms with Crippen LogP contribution in [0.2, 0.25) is 0 Å². The zero-order valence-electron chi connectivity index (χ0n) is 17.1. The first-order valence-corrected chi connectivity index (χ1v) is 10.3. The molecule has 160 valence electrons. The highest BCUT2D eigenvalue weighted by molar-refractivity contribution is 5.77. The fourth-order valence-corrected chi connectivity index (χ4v) is 3.47. The average molecular weight is 422 g/mol. The molecule has 0 aliphatic carbocycles. The number of aryl methyl sites for hydroxylation is 1. The van der Waals surface area contributed by atoms with E-state index in [1.165, 1.54) is 18.2 Å². The summed E-state index contributed by atoms with van der Waals surface area (Å²) < 4.78 is 29.7. The minimum absolute atomic E-state index is 0.263. The first kappa shape index (κ1) is 20.9. The highest BCUT2D eigenvalue weighted by Gasteiger charge is 2.15. The van der Waals surface area contributed by atoms with Gasteiger partial charge in [0, 0.05) is 24.2 Å². The highest BCUT2D eigenvalue weighted by Crippen LogP contribution is 2.25. The van der Waals surface area contributed by atoms with Crippen molar-refractivity contribution in [2.75, 3.05) is 11.9 Å². The third kappa shape index (κ3) is 4.86. The van der Waals surface area contributed by atoms with Crippen molar-refractivity contribution in [1.82, 2.24) is 19.5 Å². The van der Waals surface area contributed by atoms with E-state index < -0.39 is 0 Å². The third-order valence-electron chi connectivity index (χ3n) is 5.05. The molecule has 0 unspecified atom stereocenters. The molecule has 0 bridgehead atoms. The van der Waals surface area contributed by atoms with Gasteiger partial charge in [0.15, 0.2) is 5.65 Å². The first-order chi connectivity index (χ1) is 15.2. The summed E-state index contributed by atoms with van der Waals surface area (Å²) in [5.74, 6) is 0.416. The third-order valence-corrected chi connectivity index (χ3v) is 5.05. The number of imidazole rings is 1. The number of hydrogen-bond acceptors (Lipinski definition) is 5. The van der Waals surface area contributed by atoms with Crippen LogP contribution in [0, 0.1) is 11.6 Å². The Hall–Kier alpha value is -3.39. The second-order valence-corrected chi connectivity index (χ2v) is 7.29. The van der Waals surface area contributed by atoms with Crippen molar-refractivity contribution in [1.29, 1.82) is 0 Å². The van der Waals surface area contributed by atoms with Gasteiger partial charge in [-0.2, -0.15) is 4.98 Å². The molecule has 0 aliphatic rings. The standard InChI is InChI=1S/C23H24F2N6/c24-18-9-6-8-16(13-18)21-29-20-15-28-23(27-14-17-7-2-3-10-19(17)25)30-22(20)31(21)12-5-1-4-11-26/h2-3,6-10,13,15H,1,4-5,11-12,14,26H2,(H,27,28,30). The zero-order chi connectivity index (χ0) is 21.6. The summed E-state index contributed by atoms with van der Waals surface area (Å²) in [6, 6.07) is 12.9. The summed E-state index contributed by atoms with van der Waals surface area (Å²) in [4.78, 5) is 13.6. The van der Waals surface area contributed by atoms with Crippen LogP contribution in [0.15, 0.2) is 54.7 Å². The quantitative estimate of drug-likeness (QED) is 0.388. The number of hydrogen-bond donors (Lipinski definition) is 2. The van der Waals surface area contributed by atoms with E-state index in [1.54, 1.807) is 30.5 Å². The van der Waals surface area contributed by atoms with Gasteiger partial charge in [-0.15, -0.1) is 0 Å². The molecule has 0 fully saturated rings.